The number of alkyl halides is 2. The molecule has 0 aromatic heterocycles. The fourth-order valence-electron chi connectivity index (χ4n) is 0.955. The summed E-state index contributed by atoms with van der Waals surface area (Å²) in [6.45, 7) is 0. The van der Waals surface area contributed by atoms with Crippen LogP contribution in [0, 0.1) is 5.82 Å². The largest absolute Gasteiger partial charge is 0.319 e. The van der Waals surface area contributed by atoms with Crippen LogP contribution in [-0.2, 0) is 0 Å². The Labute approximate surface area is 81.9 Å². The lowest BCUT2D eigenvalue weighted by molar-refractivity contribution is 0.114. The number of rotatable bonds is 2. The normalized spacial score (nSPS) is 13.4. The summed E-state index contributed by atoms with van der Waals surface area (Å²) in [5.41, 5.74) is 4.94. The first-order valence-corrected chi connectivity index (χ1v) is 4.31. The van der Waals surface area contributed by atoms with Gasteiger partial charge < -0.3 is 5.73 Å². The highest BCUT2D eigenvalue weighted by molar-refractivity contribution is 9.10. The Balaban J connectivity index is 3.12. The second kappa shape index (κ2) is 4.11. The molecule has 2 N–H and O–H groups in total. The first-order valence-electron chi connectivity index (χ1n) is 3.51. The summed E-state index contributed by atoms with van der Waals surface area (Å²) in [4.78, 5) is 0. The quantitative estimate of drug-likeness (QED) is 0.862. The van der Waals surface area contributed by atoms with Crippen LogP contribution in [0.2, 0.25) is 0 Å². The SMILES string of the molecule is N[C@H](c1c(F)cccc1Br)C(F)F. The Bertz CT molecular complexity index is 283. The average molecular weight is 254 g/mol. The molecule has 0 saturated heterocycles. The fourth-order valence-corrected chi connectivity index (χ4v) is 1.56. The lowest BCUT2D eigenvalue weighted by Crippen LogP contribution is -2.20. The van der Waals surface area contributed by atoms with Crippen molar-refractivity contribution < 1.29 is 13.2 Å². The van der Waals surface area contributed by atoms with Crippen LogP contribution in [0.1, 0.15) is 11.6 Å². The first kappa shape index (κ1) is 10.5. The van der Waals surface area contributed by atoms with Crippen molar-refractivity contribution in [3.05, 3.63) is 34.1 Å². The van der Waals surface area contributed by atoms with Crippen LogP contribution >= 0.6 is 15.9 Å². The molecule has 1 nitrogen and oxygen atoms in total. The standard InChI is InChI=1S/C8H7BrF3N/c9-4-2-1-3-5(10)6(4)7(13)8(11)12/h1-3,7-8H,13H2/t7-/m1/s1. The second-order valence-electron chi connectivity index (χ2n) is 2.50. The Morgan fingerprint density at radius 2 is 1.92 bits per heavy atom. The van der Waals surface area contributed by atoms with E-state index in [1.165, 1.54) is 12.1 Å². The minimum absolute atomic E-state index is 0.183. The molecule has 1 aromatic carbocycles. The van der Waals surface area contributed by atoms with Crippen molar-refractivity contribution in [2.24, 2.45) is 5.73 Å². The molecule has 13 heavy (non-hydrogen) atoms. The number of halogens is 4. The van der Waals surface area contributed by atoms with E-state index < -0.39 is 18.3 Å². The molecule has 0 saturated carbocycles. The van der Waals surface area contributed by atoms with Gasteiger partial charge in [-0.15, -0.1) is 0 Å². The van der Waals surface area contributed by atoms with Gasteiger partial charge >= 0.3 is 0 Å². The fraction of sp³-hybridized carbons (Fsp3) is 0.250. The van der Waals surface area contributed by atoms with E-state index in [9.17, 15) is 13.2 Å². The Kier molecular flexibility index (Phi) is 3.33. The summed E-state index contributed by atoms with van der Waals surface area (Å²) in [5, 5.41) is 0. The van der Waals surface area contributed by atoms with Gasteiger partial charge in [-0.05, 0) is 12.1 Å². The summed E-state index contributed by atoms with van der Waals surface area (Å²) in [5.74, 6) is -0.720. The molecule has 0 spiro atoms. The lowest BCUT2D eigenvalue weighted by Gasteiger charge is -2.13. The van der Waals surface area contributed by atoms with Crippen molar-refractivity contribution in [2.45, 2.75) is 12.5 Å². The maximum absolute atomic E-state index is 13.0. The van der Waals surface area contributed by atoms with Gasteiger partial charge in [0.25, 0.3) is 6.43 Å². The van der Waals surface area contributed by atoms with Crippen molar-refractivity contribution in [2.75, 3.05) is 0 Å². The van der Waals surface area contributed by atoms with Crippen LogP contribution in [-0.4, -0.2) is 6.43 Å². The van der Waals surface area contributed by atoms with Gasteiger partial charge in [-0.3, -0.25) is 0 Å². The molecule has 0 radical (unpaired) electrons. The average Bonchev–Trinajstić information content (AvgIpc) is 2.03. The van der Waals surface area contributed by atoms with Crippen LogP contribution in [0.25, 0.3) is 0 Å². The molecule has 0 bridgehead atoms. The predicted octanol–water partition coefficient (Wildman–Crippen LogP) is 2.85. The van der Waals surface area contributed by atoms with Gasteiger partial charge in [0.1, 0.15) is 5.82 Å². The van der Waals surface area contributed by atoms with Gasteiger partial charge in [0.2, 0.25) is 0 Å². The minimum atomic E-state index is -2.77. The van der Waals surface area contributed by atoms with Crippen molar-refractivity contribution in [1.82, 2.24) is 0 Å². The molecule has 1 aromatic rings. The molecular weight excluding hydrogens is 247 g/mol. The topological polar surface area (TPSA) is 26.0 Å². The van der Waals surface area contributed by atoms with E-state index in [0.29, 0.717) is 0 Å². The zero-order valence-corrected chi connectivity index (χ0v) is 8.06. The second-order valence-corrected chi connectivity index (χ2v) is 3.35. The highest BCUT2D eigenvalue weighted by atomic mass is 79.9. The van der Waals surface area contributed by atoms with E-state index in [-0.39, 0.29) is 10.0 Å². The molecule has 0 aliphatic rings. The maximum atomic E-state index is 13.0. The van der Waals surface area contributed by atoms with Crippen LogP contribution < -0.4 is 5.73 Å². The van der Waals surface area contributed by atoms with Gasteiger partial charge in [-0.25, -0.2) is 13.2 Å². The molecule has 0 fully saturated rings. The molecule has 72 valence electrons. The third-order valence-corrected chi connectivity index (χ3v) is 2.30. The monoisotopic (exact) mass is 253 g/mol. The predicted molar refractivity (Wildman–Crippen MR) is 47.0 cm³/mol. The van der Waals surface area contributed by atoms with Gasteiger partial charge in [0.05, 0.1) is 6.04 Å². The molecular formula is C8H7BrF3N. The third kappa shape index (κ3) is 2.22. The molecule has 0 heterocycles. The molecule has 0 unspecified atom stereocenters. The van der Waals surface area contributed by atoms with Gasteiger partial charge in [0, 0.05) is 10.0 Å². The number of hydrogen-bond donors (Lipinski definition) is 1. The summed E-state index contributed by atoms with van der Waals surface area (Å²) >= 11 is 2.96. The Morgan fingerprint density at radius 3 is 2.38 bits per heavy atom. The molecule has 1 atom stereocenters. The maximum Gasteiger partial charge on any atom is 0.257 e. The van der Waals surface area contributed by atoms with E-state index in [2.05, 4.69) is 15.9 Å². The van der Waals surface area contributed by atoms with Crippen molar-refractivity contribution in [3.63, 3.8) is 0 Å². The first-order chi connectivity index (χ1) is 6.04. The summed E-state index contributed by atoms with van der Waals surface area (Å²) < 4.78 is 37.6. The molecule has 0 aliphatic heterocycles. The highest BCUT2D eigenvalue weighted by Gasteiger charge is 2.22. The zero-order valence-electron chi connectivity index (χ0n) is 6.48. The minimum Gasteiger partial charge on any atom is -0.319 e. The third-order valence-electron chi connectivity index (χ3n) is 1.60. The zero-order chi connectivity index (χ0) is 10.0. The number of hydrogen-bond acceptors (Lipinski definition) is 1. The molecule has 5 heteroatoms. The summed E-state index contributed by atoms with van der Waals surface area (Å²) in [6, 6.07) is 2.40. The number of benzene rings is 1. The highest BCUT2D eigenvalue weighted by Crippen LogP contribution is 2.28. The van der Waals surface area contributed by atoms with E-state index in [1.807, 2.05) is 0 Å². The van der Waals surface area contributed by atoms with Crippen molar-refractivity contribution in [3.8, 4) is 0 Å². The molecule has 1 rings (SSSR count). The Morgan fingerprint density at radius 1 is 1.31 bits per heavy atom. The Hall–Kier alpha value is -0.550. The summed E-state index contributed by atoms with van der Waals surface area (Å²) in [6.07, 6.45) is -2.77. The van der Waals surface area contributed by atoms with Gasteiger partial charge in [-0.2, -0.15) is 0 Å². The van der Waals surface area contributed by atoms with E-state index in [4.69, 9.17) is 5.73 Å². The van der Waals surface area contributed by atoms with E-state index in [1.54, 1.807) is 0 Å². The van der Waals surface area contributed by atoms with Crippen LogP contribution in [0.5, 0.6) is 0 Å². The van der Waals surface area contributed by atoms with Crippen molar-refractivity contribution in [1.29, 1.82) is 0 Å². The smallest absolute Gasteiger partial charge is 0.257 e. The molecule has 0 aliphatic carbocycles. The summed E-state index contributed by atoms with van der Waals surface area (Å²) in [7, 11) is 0. The van der Waals surface area contributed by atoms with Gasteiger partial charge in [-0.1, -0.05) is 22.0 Å². The van der Waals surface area contributed by atoms with E-state index in [0.717, 1.165) is 6.07 Å². The number of nitrogens with two attached hydrogens (primary N) is 1. The van der Waals surface area contributed by atoms with Gasteiger partial charge in [0.15, 0.2) is 0 Å². The van der Waals surface area contributed by atoms with Crippen LogP contribution in [0.3, 0.4) is 0 Å². The van der Waals surface area contributed by atoms with E-state index >= 15 is 0 Å². The van der Waals surface area contributed by atoms with Crippen LogP contribution in [0.4, 0.5) is 13.2 Å². The van der Waals surface area contributed by atoms with Crippen molar-refractivity contribution >= 4 is 15.9 Å². The lowest BCUT2D eigenvalue weighted by atomic mass is 10.1. The molecule has 0 amide bonds. The van der Waals surface area contributed by atoms with Crippen LogP contribution in [0.15, 0.2) is 22.7 Å².